The van der Waals surface area contributed by atoms with E-state index in [1.807, 2.05) is 19.1 Å². The molecule has 0 unspecified atom stereocenters. The molecule has 2 heterocycles. The van der Waals surface area contributed by atoms with Crippen LogP contribution in [0.2, 0.25) is 0 Å². The Balaban J connectivity index is 1.70. The first kappa shape index (κ1) is 18.5. The van der Waals surface area contributed by atoms with Gasteiger partial charge >= 0.3 is 0 Å². The molecular weight excluding hydrogens is 346 g/mol. The lowest BCUT2D eigenvalue weighted by atomic mass is 10.1. The fourth-order valence-electron chi connectivity index (χ4n) is 2.74. The molecule has 6 nitrogen and oxygen atoms in total. The number of ether oxygens (including phenoxy) is 1. The van der Waals surface area contributed by atoms with Crippen molar-refractivity contribution in [2.45, 2.75) is 52.4 Å². The van der Waals surface area contributed by atoms with Gasteiger partial charge in [0.25, 0.3) is 0 Å². The topological polar surface area (TPSA) is 65.7 Å². The third-order valence-electron chi connectivity index (χ3n) is 4.21. The van der Waals surface area contributed by atoms with Crippen molar-refractivity contribution in [3.63, 3.8) is 0 Å². The number of tetrazole rings is 1. The van der Waals surface area contributed by atoms with Gasteiger partial charge in [0.15, 0.2) is 5.82 Å². The molecule has 0 amide bonds. The number of aromatic nitrogens is 5. The number of nitrogens with zero attached hydrogens (tertiary/aromatic N) is 5. The van der Waals surface area contributed by atoms with E-state index in [4.69, 9.17) is 9.72 Å². The number of hydrogen-bond donors (Lipinski definition) is 0. The van der Waals surface area contributed by atoms with E-state index < -0.39 is 0 Å². The average Bonchev–Trinajstić information content (AvgIpc) is 3.31. The summed E-state index contributed by atoms with van der Waals surface area (Å²) >= 11 is 1.75. The molecule has 3 rings (SSSR count). The van der Waals surface area contributed by atoms with E-state index in [-0.39, 0.29) is 0 Å². The molecule has 0 radical (unpaired) electrons. The van der Waals surface area contributed by atoms with Gasteiger partial charge in [-0.1, -0.05) is 20.8 Å². The van der Waals surface area contributed by atoms with E-state index >= 15 is 0 Å². The van der Waals surface area contributed by atoms with Gasteiger partial charge in [-0.25, -0.2) is 4.98 Å². The standard InChI is InChI=1S/C19H25N5OS/c1-5-18-21-23-24(22-18)16-9-10-17(25-4)14(11-16)7-6-8-15-12-26-19(20-15)13(2)3/h9-13H,5-8H2,1-4H3. The molecule has 0 aliphatic rings. The zero-order valence-electron chi connectivity index (χ0n) is 15.8. The Morgan fingerprint density at radius 3 is 2.73 bits per heavy atom. The van der Waals surface area contributed by atoms with Crippen LogP contribution in [0.25, 0.3) is 5.69 Å². The Morgan fingerprint density at radius 1 is 1.23 bits per heavy atom. The maximum Gasteiger partial charge on any atom is 0.174 e. The molecule has 0 atom stereocenters. The number of thiazole rings is 1. The minimum Gasteiger partial charge on any atom is -0.496 e. The molecule has 0 N–H and O–H groups in total. The van der Waals surface area contributed by atoms with Crippen LogP contribution in [0, 0.1) is 0 Å². The van der Waals surface area contributed by atoms with E-state index in [1.165, 1.54) is 10.7 Å². The first-order valence-electron chi connectivity index (χ1n) is 9.01. The number of benzene rings is 1. The van der Waals surface area contributed by atoms with Crippen molar-refractivity contribution >= 4 is 11.3 Å². The van der Waals surface area contributed by atoms with Gasteiger partial charge in [-0.3, -0.25) is 0 Å². The van der Waals surface area contributed by atoms with E-state index in [0.717, 1.165) is 48.5 Å². The Kier molecular flexibility index (Phi) is 5.98. The highest BCUT2D eigenvalue weighted by atomic mass is 32.1. The van der Waals surface area contributed by atoms with Crippen LogP contribution in [0.4, 0.5) is 0 Å². The second kappa shape index (κ2) is 8.40. The van der Waals surface area contributed by atoms with Crippen molar-refractivity contribution in [3.05, 3.63) is 45.7 Å². The molecule has 0 spiro atoms. The van der Waals surface area contributed by atoms with Gasteiger partial charge in [0.1, 0.15) is 5.75 Å². The summed E-state index contributed by atoms with van der Waals surface area (Å²) in [6.07, 6.45) is 3.68. The van der Waals surface area contributed by atoms with Crippen LogP contribution in [0.1, 0.15) is 55.2 Å². The third-order valence-corrected chi connectivity index (χ3v) is 5.40. The third kappa shape index (κ3) is 4.27. The average molecular weight is 372 g/mol. The summed E-state index contributed by atoms with van der Waals surface area (Å²) in [7, 11) is 1.71. The zero-order chi connectivity index (χ0) is 18.5. The highest BCUT2D eigenvalue weighted by Crippen LogP contribution is 2.24. The zero-order valence-corrected chi connectivity index (χ0v) is 16.6. The van der Waals surface area contributed by atoms with Crippen molar-refractivity contribution < 1.29 is 4.74 Å². The molecule has 138 valence electrons. The molecule has 0 saturated carbocycles. The Morgan fingerprint density at radius 2 is 2.08 bits per heavy atom. The quantitative estimate of drug-likeness (QED) is 0.599. The molecule has 0 saturated heterocycles. The van der Waals surface area contributed by atoms with Crippen LogP contribution < -0.4 is 4.74 Å². The predicted octanol–water partition coefficient (Wildman–Crippen LogP) is 3.99. The molecule has 26 heavy (non-hydrogen) atoms. The maximum absolute atomic E-state index is 5.52. The summed E-state index contributed by atoms with van der Waals surface area (Å²) in [4.78, 5) is 6.30. The highest BCUT2D eigenvalue weighted by molar-refractivity contribution is 7.09. The van der Waals surface area contributed by atoms with Crippen molar-refractivity contribution in [1.82, 2.24) is 25.2 Å². The van der Waals surface area contributed by atoms with Crippen molar-refractivity contribution in [2.24, 2.45) is 0 Å². The lowest BCUT2D eigenvalue weighted by molar-refractivity contribution is 0.409. The summed E-state index contributed by atoms with van der Waals surface area (Å²) in [5, 5.41) is 15.9. The molecule has 2 aromatic heterocycles. The Bertz CT molecular complexity index is 855. The SMILES string of the molecule is CCc1nnn(-c2ccc(OC)c(CCCc3csc(C(C)C)n3)c2)n1. The van der Waals surface area contributed by atoms with Gasteiger partial charge in [0.05, 0.1) is 23.5 Å². The Labute approximate surface area is 158 Å². The van der Waals surface area contributed by atoms with Crippen LogP contribution in [-0.4, -0.2) is 32.3 Å². The van der Waals surface area contributed by atoms with E-state index in [9.17, 15) is 0 Å². The minimum absolute atomic E-state index is 0.494. The van der Waals surface area contributed by atoms with Gasteiger partial charge in [0, 0.05) is 17.7 Å². The molecule has 3 aromatic rings. The van der Waals surface area contributed by atoms with Gasteiger partial charge in [-0.15, -0.1) is 26.3 Å². The fraction of sp³-hybridized carbons (Fsp3) is 0.474. The Hall–Kier alpha value is -2.28. The van der Waals surface area contributed by atoms with Crippen molar-refractivity contribution in [1.29, 1.82) is 0 Å². The highest BCUT2D eigenvalue weighted by Gasteiger charge is 2.10. The summed E-state index contributed by atoms with van der Waals surface area (Å²) in [5.41, 5.74) is 3.24. The summed E-state index contributed by atoms with van der Waals surface area (Å²) in [6.45, 7) is 6.38. The summed E-state index contributed by atoms with van der Waals surface area (Å²) < 4.78 is 5.52. The second-order valence-electron chi connectivity index (χ2n) is 6.53. The first-order chi connectivity index (χ1) is 12.6. The summed E-state index contributed by atoms with van der Waals surface area (Å²) in [5.74, 6) is 2.13. The minimum atomic E-state index is 0.494. The molecule has 0 aliphatic carbocycles. The number of methoxy groups -OCH3 is 1. The van der Waals surface area contributed by atoms with E-state index in [2.05, 4.69) is 40.7 Å². The number of rotatable bonds is 8. The summed E-state index contributed by atoms with van der Waals surface area (Å²) in [6, 6.07) is 6.01. The van der Waals surface area contributed by atoms with Gasteiger partial charge < -0.3 is 4.74 Å². The van der Waals surface area contributed by atoms with Crippen LogP contribution >= 0.6 is 11.3 Å². The van der Waals surface area contributed by atoms with Crippen LogP contribution in [0.3, 0.4) is 0 Å². The van der Waals surface area contributed by atoms with Gasteiger partial charge in [-0.2, -0.15) is 0 Å². The second-order valence-corrected chi connectivity index (χ2v) is 7.42. The molecular formula is C19H25N5OS. The van der Waals surface area contributed by atoms with Crippen molar-refractivity contribution in [2.75, 3.05) is 7.11 Å². The largest absolute Gasteiger partial charge is 0.496 e. The van der Waals surface area contributed by atoms with Crippen LogP contribution in [0.15, 0.2) is 23.6 Å². The first-order valence-corrected chi connectivity index (χ1v) is 9.89. The molecule has 7 heteroatoms. The normalized spacial score (nSPS) is 11.3. The van der Waals surface area contributed by atoms with E-state index in [0.29, 0.717) is 5.92 Å². The van der Waals surface area contributed by atoms with Crippen molar-refractivity contribution in [3.8, 4) is 11.4 Å². The molecule has 1 aromatic carbocycles. The predicted molar refractivity (Wildman–Crippen MR) is 103 cm³/mol. The maximum atomic E-state index is 5.52. The van der Waals surface area contributed by atoms with Gasteiger partial charge in [0.2, 0.25) is 0 Å². The fourth-order valence-corrected chi connectivity index (χ4v) is 3.61. The molecule has 0 aliphatic heterocycles. The number of aryl methyl sites for hydroxylation is 3. The number of hydrogen-bond acceptors (Lipinski definition) is 6. The lowest BCUT2D eigenvalue weighted by Gasteiger charge is -2.10. The van der Waals surface area contributed by atoms with E-state index in [1.54, 1.807) is 23.2 Å². The monoisotopic (exact) mass is 371 g/mol. The van der Waals surface area contributed by atoms with Crippen LogP contribution in [-0.2, 0) is 19.3 Å². The lowest BCUT2D eigenvalue weighted by Crippen LogP contribution is -2.02. The smallest absolute Gasteiger partial charge is 0.174 e. The molecule has 0 bridgehead atoms. The molecule has 0 fully saturated rings. The van der Waals surface area contributed by atoms with Gasteiger partial charge in [-0.05, 0) is 48.2 Å². The van der Waals surface area contributed by atoms with Crippen LogP contribution in [0.5, 0.6) is 5.75 Å².